The van der Waals surface area contributed by atoms with Gasteiger partial charge >= 0.3 is 5.97 Å². The van der Waals surface area contributed by atoms with E-state index in [0.29, 0.717) is 5.56 Å². The summed E-state index contributed by atoms with van der Waals surface area (Å²) in [6.07, 6.45) is 0. The second-order valence-corrected chi connectivity index (χ2v) is 8.53. The molecule has 0 unspecified atom stereocenters. The maximum atomic E-state index is 12.6. The SMILES string of the molecule is CC(C)N(C)S(=O)(=O)c1ccc(Cl)c(C(=O)OCC(=O)c2ccccc2)c1. The van der Waals surface area contributed by atoms with Crippen LogP contribution >= 0.6 is 11.6 Å². The number of nitrogens with zero attached hydrogens (tertiary/aromatic N) is 1. The number of carbonyl (C=O) groups is 2. The highest BCUT2D eigenvalue weighted by Crippen LogP contribution is 2.24. The Kier molecular flexibility index (Phi) is 6.75. The van der Waals surface area contributed by atoms with Gasteiger partial charge in [0.25, 0.3) is 0 Å². The highest BCUT2D eigenvalue weighted by Gasteiger charge is 2.25. The standard InChI is InChI=1S/C19H20ClNO5S/c1-13(2)21(3)27(24,25)15-9-10-17(20)16(11-15)19(23)26-12-18(22)14-7-5-4-6-8-14/h4-11,13H,12H2,1-3H3. The highest BCUT2D eigenvalue weighted by atomic mass is 35.5. The van der Waals surface area contributed by atoms with Gasteiger partial charge in [-0.05, 0) is 32.0 Å². The first kappa shape index (κ1) is 21.1. The van der Waals surface area contributed by atoms with E-state index in [4.69, 9.17) is 16.3 Å². The van der Waals surface area contributed by atoms with Gasteiger partial charge in [-0.25, -0.2) is 13.2 Å². The molecule has 0 heterocycles. The monoisotopic (exact) mass is 409 g/mol. The third-order valence-corrected chi connectivity index (χ3v) is 6.35. The fourth-order valence-corrected chi connectivity index (χ4v) is 3.77. The van der Waals surface area contributed by atoms with Crippen molar-refractivity contribution in [3.8, 4) is 0 Å². The molecule has 0 saturated heterocycles. The van der Waals surface area contributed by atoms with E-state index in [0.717, 1.165) is 6.07 Å². The molecular weight excluding hydrogens is 390 g/mol. The summed E-state index contributed by atoms with van der Waals surface area (Å²) in [5, 5.41) is 0.0401. The average Bonchev–Trinajstić information content (AvgIpc) is 2.65. The summed E-state index contributed by atoms with van der Waals surface area (Å²) in [5.74, 6) is -1.24. The molecule has 0 spiro atoms. The Morgan fingerprint density at radius 2 is 1.74 bits per heavy atom. The Bertz CT molecular complexity index is 942. The first-order valence-electron chi connectivity index (χ1n) is 8.17. The molecule has 8 heteroatoms. The van der Waals surface area contributed by atoms with Crippen molar-refractivity contribution in [2.45, 2.75) is 24.8 Å². The number of ether oxygens (including phenoxy) is 1. The Labute approximate surface area is 163 Å². The van der Waals surface area contributed by atoms with Crippen LogP contribution in [0.15, 0.2) is 53.4 Å². The summed E-state index contributed by atoms with van der Waals surface area (Å²) < 4.78 is 31.4. The van der Waals surface area contributed by atoms with E-state index in [9.17, 15) is 18.0 Å². The zero-order valence-corrected chi connectivity index (χ0v) is 16.8. The summed E-state index contributed by atoms with van der Waals surface area (Å²) in [6.45, 7) is 3.00. The molecule has 0 aliphatic heterocycles. The van der Waals surface area contributed by atoms with Gasteiger partial charge < -0.3 is 4.74 Å². The molecule has 0 radical (unpaired) electrons. The third-order valence-electron chi connectivity index (χ3n) is 3.99. The topological polar surface area (TPSA) is 80.8 Å². The molecule has 2 rings (SSSR count). The molecule has 0 fully saturated rings. The maximum Gasteiger partial charge on any atom is 0.340 e. The molecule has 0 N–H and O–H groups in total. The van der Waals surface area contributed by atoms with E-state index in [1.165, 1.54) is 23.5 Å². The van der Waals surface area contributed by atoms with E-state index in [1.54, 1.807) is 44.2 Å². The van der Waals surface area contributed by atoms with Crippen LogP contribution in [0, 0.1) is 0 Å². The lowest BCUT2D eigenvalue weighted by molar-refractivity contribution is 0.0474. The number of sulfonamides is 1. The lowest BCUT2D eigenvalue weighted by Crippen LogP contribution is -2.33. The molecule has 144 valence electrons. The summed E-state index contributed by atoms with van der Waals surface area (Å²) in [5.41, 5.74) is 0.294. The Morgan fingerprint density at radius 1 is 1.11 bits per heavy atom. The first-order chi connectivity index (χ1) is 12.6. The van der Waals surface area contributed by atoms with Crippen LogP contribution in [-0.4, -0.2) is 44.2 Å². The largest absolute Gasteiger partial charge is 0.454 e. The minimum atomic E-state index is -3.79. The van der Waals surface area contributed by atoms with Crippen molar-refractivity contribution in [3.05, 3.63) is 64.7 Å². The number of halogens is 1. The minimum Gasteiger partial charge on any atom is -0.454 e. The Balaban J connectivity index is 2.20. The zero-order valence-electron chi connectivity index (χ0n) is 15.2. The van der Waals surface area contributed by atoms with Gasteiger partial charge in [0.05, 0.1) is 15.5 Å². The van der Waals surface area contributed by atoms with Crippen LogP contribution in [0.25, 0.3) is 0 Å². The van der Waals surface area contributed by atoms with Crippen LogP contribution in [0.5, 0.6) is 0 Å². The summed E-state index contributed by atoms with van der Waals surface area (Å²) in [7, 11) is -2.34. The van der Waals surface area contributed by atoms with E-state index >= 15 is 0 Å². The summed E-state index contributed by atoms with van der Waals surface area (Å²) in [4.78, 5) is 24.3. The van der Waals surface area contributed by atoms with Crippen LogP contribution in [0.2, 0.25) is 5.02 Å². The quantitative estimate of drug-likeness (QED) is 0.517. The first-order valence-corrected chi connectivity index (χ1v) is 9.99. The molecule has 0 saturated carbocycles. The molecule has 2 aromatic carbocycles. The number of hydrogen-bond acceptors (Lipinski definition) is 5. The van der Waals surface area contributed by atoms with Crippen molar-refractivity contribution in [1.82, 2.24) is 4.31 Å². The summed E-state index contributed by atoms with van der Waals surface area (Å²) >= 11 is 6.02. The van der Waals surface area contributed by atoms with Crippen molar-refractivity contribution in [3.63, 3.8) is 0 Å². The van der Waals surface area contributed by atoms with E-state index in [1.807, 2.05) is 0 Å². The highest BCUT2D eigenvalue weighted by molar-refractivity contribution is 7.89. The summed E-state index contributed by atoms with van der Waals surface area (Å²) in [6, 6.07) is 11.9. The number of benzene rings is 2. The molecule has 6 nitrogen and oxygen atoms in total. The van der Waals surface area contributed by atoms with Gasteiger partial charge in [0.15, 0.2) is 12.4 Å². The number of hydrogen-bond donors (Lipinski definition) is 0. The predicted octanol–water partition coefficient (Wildman–Crippen LogP) is 3.41. The van der Waals surface area contributed by atoms with Crippen molar-refractivity contribution in [2.75, 3.05) is 13.7 Å². The molecule has 0 aliphatic carbocycles. The van der Waals surface area contributed by atoms with Crippen LogP contribution in [-0.2, 0) is 14.8 Å². The lowest BCUT2D eigenvalue weighted by atomic mass is 10.1. The van der Waals surface area contributed by atoms with Crippen LogP contribution in [0.1, 0.15) is 34.6 Å². The second-order valence-electron chi connectivity index (χ2n) is 6.12. The van der Waals surface area contributed by atoms with Gasteiger partial charge in [-0.1, -0.05) is 41.9 Å². The molecule has 0 aliphatic rings. The molecule has 0 aromatic heterocycles. The average molecular weight is 410 g/mol. The van der Waals surface area contributed by atoms with Crippen molar-refractivity contribution in [2.24, 2.45) is 0 Å². The smallest absolute Gasteiger partial charge is 0.340 e. The fraction of sp³-hybridized carbons (Fsp3) is 0.263. The molecular formula is C19H20ClNO5S. The predicted molar refractivity (Wildman–Crippen MR) is 103 cm³/mol. The number of rotatable bonds is 7. The van der Waals surface area contributed by atoms with Crippen molar-refractivity contribution in [1.29, 1.82) is 0 Å². The van der Waals surface area contributed by atoms with Gasteiger partial charge in [-0.15, -0.1) is 0 Å². The Hall–Kier alpha value is -2.22. The third kappa shape index (κ3) is 4.94. The van der Waals surface area contributed by atoms with Gasteiger partial charge in [-0.3, -0.25) is 4.79 Å². The zero-order chi connectivity index (χ0) is 20.2. The minimum absolute atomic E-state index is 0.0401. The van der Waals surface area contributed by atoms with Crippen LogP contribution < -0.4 is 0 Å². The van der Waals surface area contributed by atoms with E-state index in [2.05, 4.69) is 0 Å². The number of esters is 1. The Morgan fingerprint density at radius 3 is 2.33 bits per heavy atom. The van der Waals surface area contributed by atoms with Gasteiger partial charge in [-0.2, -0.15) is 4.31 Å². The van der Waals surface area contributed by atoms with Gasteiger partial charge in [0.2, 0.25) is 10.0 Å². The van der Waals surface area contributed by atoms with Crippen LogP contribution in [0.4, 0.5) is 0 Å². The molecule has 0 amide bonds. The normalized spacial score (nSPS) is 11.6. The van der Waals surface area contributed by atoms with Gasteiger partial charge in [0.1, 0.15) is 0 Å². The number of carbonyl (C=O) groups excluding carboxylic acids is 2. The van der Waals surface area contributed by atoms with E-state index < -0.39 is 22.6 Å². The van der Waals surface area contributed by atoms with Gasteiger partial charge in [0, 0.05) is 18.7 Å². The maximum absolute atomic E-state index is 12.6. The second kappa shape index (κ2) is 8.65. The van der Waals surface area contributed by atoms with Crippen molar-refractivity contribution < 1.29 is 22.7 Å². The lowest BCUT2D eigenvalue weighted by Gasteiger charge is -2.21. The number of ketones is 1. The van der Waals surface area contributed by atoms with Crippen LogP contribution in [0.3, 0.4) is 0 Å². The molecule has 27 heavy (non-hydrogen) atoms. The molecule has 2 aromatic rings. The molecule has 0 atom stereocenters. The molecule has 0 bridgehead atoms. The van der Waals surface area contributed by atoms with Crippen molar-refractivity contribution >= 4 is 33.4 Å². The number of Topliss-reactive ketones (excluding diaryl/α,β-unsaturated/α-hetero) is 1. The fourth-order valence-electron chi connectivity index (χ4n) is 2.18. The van der Waals surface area contributed by atoms with E-state index in [-0.39, 0.29) is 27.3 Å².